The Morgan fingerprint density at radius 3 is 3.07 bits per heavy atom. The summed E-state index contributed by atoms with van der Waals surface area (Å²) in [5.41, 5.74) is 5.17. The number of aromatic nitrogens is 6. The molecular weight excluding hydrogens is 403 g/mol. The lowest BCUT2D eigenvalue weighted by atomic mass is 10.0. The van der Waals surface area contributed by atoms with Crippen molar-refractivity contribution in [2.24, 2.45) is 0 Å². The van der Waals surface area contributed by atoms with Crippen molar-refractivity contribution in [2.45, 2.75) is 38.3 Å². The van der Waals surface area contributed by atoms with Gasteiger partial charge in [0, 0.05) is 24.5 Å². The van der Waals surface area contributed by atoms with Gasteiger partial charge in [0.25, 0.3) is 0 Å². The van der Waals surface area contributed by atoms with Crippen LogP contribution in [0.15, 0.2) is 36.1 Å². The van der Waals surface area contributed by atoms with Crippen molar-refractivity contribution in [3.05, 3.63) is 53.4 Å². The van der Waals surface area contributed by atoms with Gasteiger partial charge >= 0.3 is 0 Å². The van der Waals surface area contributed by atoms with Crippen LogP contribution in [0.2, 0.25) is 0 Å². The maximum atomic E-state index is 14.1. The van der Waals surface area contributed by atoms with E-state index in [1.165, 1.54) is 17.4 Å². The van der Waals surface area contributed by atoms with Crippen LogP contribution in [-0.2, 0) is 11.2 Å². The molecule has 1 aliphatic rings. The number of rotatable bonds is 3. The monoisotopic (exact) mass is 422 g/mol. The van der Waals surface area contributed by atoms with Gasteiger partial charge in [-0.2, -0.15) is 5.10 Å². The number of benzene rings is 1. The third-order valence-corrected chi connectivity index (χ3v) is 6.44. The van der Waals surface area contributed by atoms with Gasteiger partial charge in [-0.15, -0.1) is 0 Å². The third-order valence-electron chi connectivity index (χ3n) is 5.75. The van der Waals surface area contributed by atoms with Crippen molar-refractivity contribution < 1.29 is 9.13 Å². The van der Waals surface area contributed by atoms with Crippen LogP contribution in [0.25, 0.3) is 26.9 Å². The molecule has 4 aromatic heterocycles. The van der Waals surface area contributed by atoms with E-state index in [2.05, 4.69) is 26.6 Å². The number of ether oxygens (including phenoxy) is 1. The normalized spacial score (nSPS) is 19.9. The quantitative estimate of drug-likeness (QED) is 0.437. The van der Waals surface area contributed by atoms with Gasteiger partial charge < -0.3 is 9.30 Å². The molecule has 5 heterocycles. The number of halogens is 1. The van der Waals surface area contributed by atoms with E-state index in [-0.39, 0.29) is 18.0 Å². The Kier molecular flexibility index (Phi) is 4.07. The zero-order chi connectivity index (χ0) is 20.2. The third kappa shape index (κ3) is 2.88. The number of pyridine rings is 1. The number of hydrogen-bond acceptors (Lipinski definition) is 6. The highest BCUT2D eigenvalue weighted by molar-refractivity contribution is 7.14. The summed E-state index contributed by atoms with van der Waals surface area (Å²) in [6.07, 6.45) is 6.25. The molecule has 0 radical (unpaired) electrons. The van der Waals surface area contributed by atoms with Crippen LogP contribution in [-0.4, -0.2) is 41.8 Å². The molecule has 0 saturated carbocycles. The summed E-state index contributed by atoms with van der Waals surface area (Å²) < 4.78 is 24.0. The fourth-order valence-corrected chi connectivity index (χ4v) is 5.08. The smallest absolute Gasteiger partial charge is 0.212 e. The van der Waals surface area contributed by atoms with Crippen molar-refractivity contribution in [1.29, 1.82) is 0 Å². The van der Waals surface area contributed by atoms with Crippen LogP contribution in [0.3, 0.4) is 0 Å². The molecule has 0 aliphatic carbocycles. The molecule has 9 heteroatoms. The van der Waals surface area contributed by atoms with Crippen molar-refractivity contribution >= 4 is 38.2 Å². The molecule has 1 aliphatic heterocycles. The summed E-state index contributed by atoms with van der Waals surface area (Å²) in [6.45, 7) is 2.80. The van der Waals surface area contributed by atoms with Crippen LogP contribution in [0.1, 0.15) is 37.3 Å². The lowest BCUT2D eigenvalue weighted by Gasteiger charge is -2.30. The molecule has 1 aromatic carbocycles. The van der Waals surface area contributed by atoms with Gasteiger partial charge in [0.05, 0.1) is 35.2 Å². The highest BCUT2D eigenvalue weighted by atomic mass is 32.1. The van der Waals surface area contributed by atoms with Crippen LogP contribution in [0.5, 0.6) is 0 Å². The zero-order valence-corrected chi connectivity index (χ0v) is 17.1. The lowest BCUT2D eigenvalue weighted by molar-refractivity contribution is 0.00631. The Bertz CT molecular complexity index is 1360. The molecule has 0 amide bonds. The number of imidazole rings is 2. The van der Waals surface area contributed by atoms with Gasteiger partial charge in [0.2, 0.25) is 4.96 Å². The first-order chi connectivity index (χ1) is 14.7. The minimum absolute atomic E-state index is 0.168. The second kappa shape index (κ2) is 6.82. The van der Waals surface area contributed by atoms with Crippen molar-refractivity contribution in [3.8, 4) is 0 Å². The van der Waals surface area contributed by atoms with Gasteiger partial charge in [0.15, 0.2) is 0 Å². The predicted molar refractivity (Wildman–Crippen MR) is 112 cm³/mol. The van der Waals surface area contributed by atoms with E-state index in [1.54, 1.807) is 28.4 Å². The first-order valence-corrected chi connectivity index (χ1v) is 10.9. The Balaban J connectivity index is 1.56. The minimum atomic E-state index is -0.271. The Labute approximate surface area is 175 Å². The van der Waals surface area contributed by atoms with Crippen molar-refractivity contribution in [1.82, 2.24) is 29.1 Å². The largest absolute Gasteiger partial charge is 0.378 e. The summed E-state index contributed by atoms with van der Waals surface area (Å²) in [5.74, 6) is 0.639. The summed E-state index contributed by atoms with van der Waals surface area (Å²) in [4.78, 5) is 15.0. The zero-order valence-electron chi connectivity index (χ0n) is 16.3. The summed E-state index contributed by atoms with van der Waals surface area (Å²) >= 11 is 1.51. The maximum absolute atomic E-state index is 14.1. The van der Waals surface area contributed by atoms with Crippen LogP contribution in [0, 0.1) is 5.82 Å². The van der Waals surface area contributed by atoms with E-state index >= 15 is 0 Å². The van der Waals surface area contributed by atoms with Gasteiger partial charge in [-0.1, -0.05) is 11.3 Å². The standard InChI is InChI=1S/C21H19FN6OS/c1-12-6-15(4-5-29-12)28-19(8-14-10-27-21(25-14)30-11-24-27)26-18-9-23-17-3-2-13(22)7-16(17)20(18)28/h2-3,7,9-12,15H,4-6,8H2,1H3/t12-,15-/m0/s1. The van der Waals surface area contributed by atoms with E-state index in [4.69, 9.17) is 9.72 Å². The van der Waals surface area contributed by atoms with Crippen LogP contribution < -0.4 is 0 Å². The second-order valence-electron chi connectivity index (χ2n) is 7.79. The molecule has 6 rings (SSSR count). The first kappa shape index (κ1) is 17.9. The SMILES string of the molecule is C[C@H]1C[C@@H](n2c(Cc3cn4ncsc4n3)nc3cnc4ccc(F)cc4c32)CCO1. The van der Waals surface area contributed by atoms with Gasteiger partial charge in [-0.3, -0.25) is 4.98 Å². The van der Waals surface area contributed by atoms with E-state index < -0.39 is 0 Å². The van der Waals surface area contributed by atoms with Crippen LogP contribution >= 0.6 is 11.3 Å². The van der Waals surface area contributed by atoms with Gasteiger partial charge in [-0.05, 0) is 38.0 Å². The molecule has 2 atom stereocenters. The van der Waals surface area contributed by atoms with Gasteiger partial charge in [0.1, 0.15) is 22.7 Å². The van der Waals surface area contributed by atoms with Crippen molar-refractivity contribution in [2.75, 3.05) is 6.61 Å². The molecule has 7 nitrogen and oxygen atoms in total. The predicted octanol–water partition coefficient (Wildman–Crippen LogP) is 4.16. The molecule has 0 unspecified atom stereocenters. The Morgan fingerprint density at radius 2 is 2.20 bits per heavy atom. The fourth-order valence-electron chi connectivity index (χ4n) is 4.46. The molecule has 5 aromatic rings. The number of fused-ring (bicyclic) bond motifs is 4. The van der Waals surface area contributed by atoms with E-state index in [9.17, 15) is 4.39 Å². The topological polar surface area (TPSA) is 70.1 Å². The summed E-state index contributed by atoms with van der Waals surface area (Å²) in [7, 11) is 0. The fraction of sp³-hybridized carbons (Fsp3) is 0.333. The highest BCUT2D eigenvalue weighted by Gasteiger charge is 2.27. The Hall–Kier alpha value is -2.91. The van der Waals surface area contributed by atoms with E-state index in [1.807, 2.05) is 6.20 Å². The van der Waals surface area contributed by atoms with E-state index in [0.717, 1.165) is 51.3 Å². The average Bonchev–Trinajstić information content (AvgIpc) is 3.41. The molecule has 0 N–H and O–H groups in total. The molecule has 1 saturated heterocycles. The molecule has 0 spiro atoms. The highest BCUT2D eigenvalue weighted by Crippen LogP contribution is 2.34. The molecule has 0 bridgehead atoms. The molecule has 30 heavy (non-hydrogen) atoms. The van der Waals surface area contributed by atoms with Crippen molar-refractivity contribution in [3.63, 3.8) is 0 Å². The second-order valence-corrected chi connectivity index (χ2v) is 8.60. The molecule has 152 valence electrons. The minimum Gasteiger partial charge on any atom is -0.378 e. The maximum Gasteiger partial charge on any atom is 0.212 e. The summed E-state index contributed by atoms with van der Waals surface area (Å²) in [6, 6.07) is 4.96. The molecular formula is C21H19FN6OS. The number of hydrogen-bond donors (Lipinski definition) is 0. The van der Waals surface area contributed by atoms with Crippen LogP contribution in [0.4, 0.5) is 4.39 Å². The van der Waals surface area contributed by atoms with E-state index in [0.29, 0.717) is 13.0 Å². The Morgan fingerprint density at radius 1 is 1.27 bits per heavy atom. The molecule has 1 fully saturated rings. The van der Waals surface area contributed by atoms with Gasteiger partial charge in [-0.25, -0.2) is 18.9 Å². The average molecular weight is 422 g/mol. The lowest BCUT2D eigenvalue weighted by Crippen LogP contribution is -2.26. The summed E-state index contributed by atoms with van der Waals surface area (Å²) in [5, 5.41) is 5.06. The number of nitrogens with zero attached hydrogens (tertiary/aromatic N) is 6. The first-order valence-electron chi connectivity index (χ1n) is 10.00.